The van der Waals surface area contributed by atoms with Crippen molar-refractivity contribution in [2.24, 2.45) is 0 Å². The highest BCUT2D eigenvalue weighted by atomic mass is 16.4. The summed E-state index contributed by atoms with van der Waals surface area (Å²) in [5.41, 5.74) is -0.860. The van der Waals surface area contributed by atoms with Crippen molar-refractivity contribution in [1.29, 1.82) is 0 Å². The molecule has 0 aromatic carbocycles. The largest absolute Gasteiger partial charge is 0.480 e. The van der Waals surface area contributed by atoms with Crippen molar-refractivity contribution in [2.45, 2.75) is 51.7 Å². The molecule has 5 heteroatoms. The minimum absolute atomic E-state index is 0.0579. The Bertz CT molecular complexity index is 351. The quantitative estimate of drug-likeness (QED) is 0.756. The van der Waals surface area contributed by atoms with Crippen LogP contribution in [0, 0.1) is 0 Å². The van der Waals surface area contributed by atoms with Crippen LogP contribution in [-0.4, -0.2) is 32.4 Å². The van der Waals surface area contributed by atoms with E-state index in [2.05, 4.69) is 10.4 Å². The zero-order valence-electron chi connectivity index (χ0n) is 10.7. The van der Waals surface area contributed by atoms with Crippen molar-refractivity contribution >= 4 is 5.97 Å². The molecule has 0 radical (unpaired) electrons. The average Bonchev–Trinajstić information content (AvgIpc) is 2.70. The van der Waals surface area contributed by atoms with Gasteiger partial charge in [-0.05, 0) is 26.3 Å². The number of carboxylic acids is 1. The highest BCUT2D eigenvalue weighted by Gasteiger charge is 2.33. The molecule has 2 unspecified atom stereocenters. The van der Waals surface area contributed by atoms with Gasteiger partial charge in [0.1, 0.15) is 5.54 Å². The van der Waals surface area contributed by atoms with Crippen molar-refractivity contribution in [2.75, 3.05) is 0 Å². The van der Waals surface area contributed by atoms with Crippen LogP contribution < -0.4 is 5.32 Å². The van der Waals surface area contributed by atoms with E-state index in [9.17, 15) is 9.90 Å². The van der Waals surface area contributed by atoms with Crippen molar-refractivity contribution in [3.05, 3.63) is 18.5 Å². The number of hydrogen-bond acceptors (Lipinski definition) is 3. The molecule has 0 aliphatic heterocycles. The number of hydrogen-bond donors (Lipinski definition) is 2. The average molecular weight is 239 g/mol. The standard InChI is InChI=1S/C12H21N3O2/c1-4-6-12(3,11(16)17)14-10(2)9-15-8-5-7-13-15/h5,7-8,10,14H,4,6,9H2,1-3H3,(H,16,17). The molecular weight excluding hydrogens is 218 g/mol. The number of nitrogens with zero attached hydrogens (tertiary/aromatic N) is 2. The van der Waals surface area contributed by atoms with Gasteiger partial charge in [0.25, 0.3) is 0 Å². The van der Waals surface area contributed by atoms with E-state index in [0.29, 0.717) is 13.0 Å². The van der Waals surface area contributed by atoms with Crippen molar-refractivity contribution in [3.8, 4) is 0 Å². The maximum absolute atomic E-state index is 11.3. The molecule has 2 atom stereocenters. The number of aliphatic carboxylic acids is 1. The molecule has 0 aliphatic carbocycles. The van der Waals surface area contributed by atoms with Gasteiger partial charge >= 0.3 is 5.97 Å². The third-order valence-electron chi connectivity index (χ3n) is 2.81. The first-order valence-corrected chi connectivity index (χ1v) is 5.96. The first-order valence-electron chi connectivity index (χ1n) is 5.96. The molecule has 1 aromatic rings. The van der Waals surface area contributed by atoms with E-state index in [1.165, 1.54) is 0 Å². The van der Waals surface area contributed by atoms with Crippen LogP contribution in [0.5, 0.6) is 0 Å². The Morgan fingerprint density at radius 1 is 1.65 bits per heavy atom. The summed E-state index contributed by atoms with van der Waals surface area (Å²) < 4.78 is 1.80. The van der Waals surface area contributed by atoms with E-state index in [0.717, 1.165) is 6.42 Å². The summed E-state index contributed by atoms with van der Waals surface area (Å²) in [5.74, 6) is -0.799. The molecule has 0 aliphatic rings. The lowest BCUT2D eigenvalue weighted by Gasteiger charge is -2.29. The summed E-state index contributed by atoms with van der Waals surface area (Å²) in [6.45, 7) is 6.36. The lowest BCUT2D eigenvalue weighted by Crippen LogP contribution is -2.54. The molecule has 0 saturated heterocycles. The van der Waals surface area contributed by atoms with Crippen LogP contribution >= 0.6 is 0 Å². The predicted molar refractivity (Wildman–Crippen MR) is 65.8 cm³/mol. The Hall–Kier alpha value is -1.36. The van der Waals surface area contributed by atoms with Crippen LogP contribution in [0.25, 0.3) is 0 Å². The summed E-state index contributed by atoms with van der Waals surface area (Å²) in [6.07, 6.45) is 5.04. The Kier molecular flexibility index (Phi) is 4.69. The molecule has 0 bridgehead atoms. The van der Waals surface area contributed by atoms with Gasteiger partial charge in [0.05, 0.1) is 6.54 Å². The fourth-order valence-electron chi connectivity index (χ4n) is 2.02. The number of nitrogens with one attached hydrogen (secondary N) is 1. The second kappa shape index (κ2) is 5.82. The molecule has 1 heterocycles. The second-order valence-electron chi connectivity index (χ2n) is 4.66. The van der Waals surface area contributed by atoms with E-state index < -0.39 is 11.5 Å². The van der Waals surface area contributed by atoms with Gasteiger partial charge in [-0.25, -0.2) is 0 Å². The summed E-state index contributed by atoms with van der Waals surface area (Å²) in [4.78, 5) is 11.3. The van der Waals surface area contributed by atoms with Crippen molar-refractivity contribution in [1.82, 2.24) is 15.1 Å². The van der Waals surface area contributed by atoms with E-state index in [1.807, 2.05) is 26.1 Å². The van der Waals surface area contributed by atoms with Crippen LogP contribution in [0.4, 0.5) is 0 Å². The first-order chi connectivity index (χ1) is 7.98. The van der Waals surface area contributed by atoms with E-state index in [-0.39, 0.29) is 6.04 Å². The normalized spacial score (nSPS) is 16.4. The maximum atomic E-state index is 11.3. The van der Waals surface area contributed by atoms with Crippen LogP contribution in [0.2, 0.25) is 0 Å². The third-order valence-corrected chi connectivity index (χ3v) is 2.81. The van der Waals surface area contributed by atoms with Gasteiger partial charge in [-0.15, -0.1) is 0 Å². The van der Waals surface area contributed by atoms with Crippen LogP contribution in [0.15, 0.2) is 18.5 Å². The monoisotopic (exact) mass is 239 g/mol. The molecule has 17 heavy (non-hydrogen) atoms. The highest BCUT2D eigenvalue weighted by Crippen LogP contribution is 2.14. The summed E-state index contributed by atoms with van der Waals surface area (Å²) in [6, 6.07) is 1.91. The smallest absolute Gasteiger partial charge is 0.323 e. The maximum Gasteiger partial charge on any atom is 0.323 e. The van der Waals surface area contributed by atoms with Crippen molar-refractivity contribution in [3.63, 3.8) is 0 Å². The zero-order chi connectivity index (χ0) is 12.9. The summed E-state index contributed by atoms with van der Waals surface area (Å²) in [5, 5.41) is 16.5. The van der Waals surface area contributed by atoms with Gasteiger partial charge in [0.15, 0.2) is 0 Å². The third kappa shape index (κ3) is 3.85. The van der Waals surface area contributed by atoms with Crippen LogP contribution in [-0.2, 0) is 11.3 Å². The Morgan fingerprint density at radius 3 is 2.82 bits per heavy atom. The van der Waals surface area contributed by atoms with Crippen LogP contribution in [0.3, 0.4) is 0 Å². The molecule has 2 N–H and O–H groups in total. The molecule has 0 fully saturated rings. The fraction of sp³-hybridized carbons (Fsp3) is 0.667. The second-order valence-corrected chi connectivity index (χ2v) is 4.66. The lowest BCUT2D eigenvalue weighted by molar-refractivity contribution is -0.144. The Morgan fingerprint density at radius 2 is 2.35 bits per heavy atom. The van der Waals surface area contributed by atoms with Gasteiger partial charge in [-0.3, -0.25) is 14.8 Å². The van der Waals surface area contributed by atoms with Gasteiger partial charge in [0.2, 0.25) is 0 Å². The predicted octanol–water partition coefficient (Wildman–Crippen LogP) is 1.50. The topological polar surface area (TPSA) is 67.2 Å². The molecular formula is C12H21N3O2. The number of carbonyl (C=O) groups is 1. The van der Waals surface area contributed by atoms with E-state index in [1.54, 1.807) is 17.8 Å². The number of carboxylic acid groups (broad SMARTS) is 1. The molecule has 1 aromatic heterocycles. The molecule has 0 spiro atoms. The molecule has 0 amide bonds. The van der Waals surface area contributed by atoms with E-state index >= 15 is 0 Å². The molecule has 0 saturated carbocycles. The van der Waals surface area contributed by atoms with Gasteiger partial charge in [-0.1, -0.05) is 13.3 Å². The zero-order valence-corrected chi connectivity index (χ0v) is 10.7. The van der Waals surface area contributed by atoms with E-state index in [4.69, 9.17) is 0 Å². The van der Waals surface area contributed by atoms with Crippen LogP contribution in [0.1, 0.15) is 33.6 Å². The minimum Gasteiger partial charge on any atom is -0.480 e. The fourth-order valence-corrected chi connectivity index (χ4v) is 2.02. The lowest BCUT2D eigenvalue weighted by atomic mass is 9.95. The summed E-state index contributed by atoms with van der Waals surface area (Å²) in [7, 11) is 0. The first kappa shape index (κ1) is 13.7. The minimum atomic E-state index is -0.860. The van der Waals surface area contributed by atoms with Gasteiger partial charge in [0, 0.05) is 18.4 Å². The van der Waals surface area contributed by atoms with Gasteiger partial charge in [-0.2, -0.15) is 5.10 Å². The summed E-state index contributed by atoms with van der Waals surface area (Å²) >= 11 is 0. The number of aromatic nitrogens is 2. The van der Waals surface area contributed by atoms with Gasteiger partial charge < -0.3 is 5.11 Å². The molecule has 1 rings (SSSR count). The SMILES string of the molecule is CCCC(C)(NC(C)Cn1cccn1)C(=O)O. The Labute approximate surface area is 102 Å². The molecule has 5 nitrogen and oxygen atoms in total. The molecule has 96 valence electrons. The highest BCUT2D eigenvalue weighted by molar-refractivity contribution is 5.78. The Balaban J connectivity index is 2.58. The van der Waals surface area contributed by atoms with Crippen molar-refractivity contribution < 1.29 is 9.90 Å². The number of rotatable bonds is 7.